The molecule has 4 heteroatoms. The summed E-state index contributed by atoms with van der Waals surface area (Å²) in [6.45, 7) is 4.40. The zero-order chi connectivity index (χ0) is 12.3. The first-order valence-electron chi connectivity index (χ1n) is 6.00. The lowest BCUT2D eigenvalue weighted by molar-refractivity contribution is 0.611. The topological polar surface area (TPSA) is 56.7 Å². The molecule has 0 saturated carbocycles. The molecule has 0 aliphatic heterocycles. The second-order valence-electron chi connectivity index (χ2n) is 4.14. The molecule has 2 aromatic heterocycles. The Morgan fingerprint density at radius 2 is 2.00 bits per heavy atom. The van der Waals surface area contributed by atoms with Gasteiger partial charge in [0.15, 0.2) is 0 Å². The molecule has 0 unspecified atom stereocenters. The second kappa shape index (κ2) is 4.99. The van der Waals surface area contributed by atoms with Crippen LogP contribution in [0, 0.1) is 0 Å². The van der Waals surface area contributed by atoms with Gasteiger partial charge in [0.1, 0.15) is 5.82 Å². The van der Waals surface area contributed by atoms with Crippen LogP contribution < -0.4 is 5.73 Å². The highest BCUT2D eigenvalue weighted by atomic mass is 15.1. The zero-order valence-electron chi connectivity index (χ0n) is 10.3. The normalized spacial score (nSPS) is 11.0. The molecule has 0 aromatic carbocycles. The van der Waals surface area contributed by atoms with E-state index in [-0.39, 0.29) is 0 Å². The largest absolute Gasteiger partial charge is 0.384 e. The van der Waals surface area contributed by atoms with Crippen molar-refractivity contribution < 1.29 is 0 Å². The highest BCUT2D eigenvalue weighted by Gasteiger charge is 2.13. The fraction of sp³-hybridized carbons (Fsp3) is 0.385. The quantitative estimate of drug-likeness (QED) is 0.878. The molecule has 0 fully saturated rings. The van der Waals surface area contributed by atoms with Gasteiger partial charge in [-0.1, -0.05) is 13.8 Å². The summed E-state index contributed by atoms with van der Waals surface area (Å²) in [7, 11) is 0. The molecule has 2 aromatic rings. The van der Waals surface area contributed by atoms with Gasteiger partial charge in [-0.2, -0.15) is 0 Å². The molecule has 0 atom stereocenters. The van der Waals surface area contributed by atoms with Crippen molar-refractivity contribution in [3.05, 3.63) is 36.5 Å². The number of hydrogen-bond acceptors (Lipinski definition) is 3. The molecule has 90 valence electrons. The Hall–Kier alpha value is -1.84. The van der Waals surface area contributed by atoms with Crippen molar-refractivity contribution in [1.29, 1.82) is 0 Å². The van der Waals surface area contributed by atoms with Gasteiger partial charge in [0.25, 0.3) is 0 Å². The van der Waals surface area contributed by atoms with Crippen LogP contribution in [0.4, 0.5) is 5.82 Å². The van der Waals surface area contributed by atoms with Gasteiger partial charge in [0.2, 0.25) is 0 Å². The summed E-state index contributed by atoms with van der Waals surface area (Å²) in [6, 6.07) is 3.78. The molecule has 0 radical (unpaired) electrons. The molecule has 0 amide bonds. The van der Waals surface area contributed by atoms with Crippen molar-refractivity contribution in [2.75, 3.05) is 5.73 Å². The van der Waals surface area contributed by atoms with Crippen LogP contribution in [0.2, 0.25) is 0 Å². The average molecular weight is 230 g/mol. The van der Waals surface area contributed by atoms with Crippen LogP contribution in [0.1, 0.15) is 38.3 Å². The van der Waals surface area contributed by atoms with E-state index < -0.39 is 0 Å². The van der Waals surface area contributed by atoms with Crippen LogP contribution in [-0.4, -0.2) is 14.5 Å². The maximum absolute atomic E-state index is 5.59. The van der Waals surface area contributed by atoms with Gasteiger partial charge in [-0.25, -0.2) is 9.97 Å². The number of imidazole rings is 1. The standard InChI is InChI=1S/C13H18N4/c1-3-10(4-2)12-8-15-9-17(12)11-5-6-13(14)16-7-11/h5-10H,3-4H2,1-2H3,(H2,14,16). The lowest BCUT2D eigenvalue weighted by Crippen LogP contribution is -2.05. The summed E-state index contributed by atoms with van der Waals surface area (Å²) in [5.41, 5.74) is 7.84. The van der Waals surface area contributed by atoms with Gasteiger partial charge < -0.3 is 10.3 Å². The summed E-state index contributed by atoms with van der Waals surface area (Å²) < 4.78 is 2.09. The third kappa shape index (κ3) is 2.30. The molecule has 0 saturated heterocycles. The van der Waals surface area contributed by atoms with E-state index in [1.807, 2.05) is 24.7 Å². The lowest BCUT2D eigenvalue weighted by atomic mass is 10.00. The predicted octanol–water partition coefficient (Wildman–Crippen LogP) is 2.75. The Bertz CT molecular complexity index is 468. The predicted molar refractivity (Wildman–Crippen MR) is 69.1 cm³/mol. The van der Waals surface area contributed by atoms with Crippen molar-refractivity contribution >= 4 is 5.82 Å². The molecular formula is C13H18N4. The first kappa shape index (κ1) is 11.6. The number of nitrogens with two attached hydrogens (primary N) is 1. The van der Waals surface area contributed by atoms with Gasteiger partial charge in [-0.15, -0.1) is 0 Å². The summed E-state index contributed by atoms with van der Waals surface area (Å²) in [4.78, 5) is 8.36. The zero-order valence-corrected chi connectivity index (χ0v) is 10.3. The van der Waals surface area contributed by atoms with Gasteiger partial charge in [-0.05, 0) is 25.0 Å². The molecular weight excluding hydrogens is 212 g/mol. The fourth-order valence-corrected chi connectivity index (χ4v) is 2.07. The third-order valence-electron chi connectivity index (χ3n) is 3.12. The van der Waals surface area contributed by atoms with Gasteiger partial charge >= 0.3 is 0 Å². The molecule has 2 rings (SSSR count). The van der Waals surface area contributed by atoms with Crippen molar-refractivity contribution in [2.45, 2.75) is 32.6 Å². The Kier molecular flexibility index (Phi) is 3.42. The van der Waals surface area contributed by atoms with Crippen LogP contribution in [0.3, 0.4) is 0 Å². The van der Waals surface area contributed by atoms with E-state index in [0.29, 0.717) is 11.7 Å². The molecule has 2 heterocycles. The number of nitrogens with zero attached hydrogens (tertiary/aromatic N) is 3. The smallest absolute Gasteiger partial charge is 0.123 e. The SMILES string of the molecule is CCC(CC)c1cncn1-c1ccc(N)nc1. The number of anilines is 1. The van der Waals surface area contributed by atoms with E-state index in [0.717, 1.165) is 18.5 Å². The van der Waals surface area contributed by atoms with E-state index in [2.05, 4.69) is 28.4 Å². The molecule has 0 aliphatic rings. The van der Waals surface area contributed by atoms with E-state index in [1.165, 1.54) is 5.69 Å². The van der Waals surface area contributed by atoms with E-state index in [1.54, 1.807) is 6.20 Å². The summed E-state index contributed by atoms with van der Waals surface area (Å²) in [5.74, 6) is 1.08. The first-order chi connectivity index (χ1) is 8.26. The lowest BCUT2D eigenvalue weighted by Gasteiger charge is -2.15. The van der Waals surface area contributed by atoms with E-state index >= 15 is 0 Å². The van der Waals surface area contributed by atoms with E-state index in [4.69, 9.17) is 5.73 Å². The van der Waals surface area contributed by atoms with Crippen molar-refractivity contribution in [1.82, 2.24) is 14.5 Å². The van der Waals surface area contributed by atoms with Gasteiger partial charge in [0, 0.05) is 17.8 Å². The third-order valence-corrected chi connectivity index (χ3v) is 3.12. The molecule has 17 heavy (non-hydrogen) atoms. The van der Waals surface area contributed by atoms with Crippen molar-refractivity contribution in [2.24, 2.45) is 0 Å². The highest BCUT2D eigenvalue weighted by molar-refractivity contribution is 5.38. The van der Waals surface area contributed by atoms with Crippen molar-refractivity contribution in [3.63, 3.8) is 0 Å². The molecule has 2 N–H and O–H groups in total. The highest BCUT2D eigenvalue weighted by Crippen LogP contribution is 2.24. The molecule has 0 aliphatic carbocycles. The van der Waals surface area contributed by atoms with E-state index in [9.17, 15) is 0 Å². The number of nitrogen functional groups attached to an aromatic ring is 1. The minimum Gasteiger partial charge on any atom is -0.384 e. The number of aromatic nitrogens is 3. The Morgan fingerprint density at radius 1 is 1.24 bits per heavy atom. The maximum Gasteiger partial charge on any atom is 0.123 e. The molecule has 4 nitrogen and oxygen atoms in total. The van der Waals surface area contributed by atoms with Gasteiger partial charge in [-0.3, -0.25) is 0 Å². The maximum atomic E-state index is 5.59. The molecule has 0 bridgehead atoms. The van der Waals surface area contributed by atoms with Crippen LogP contribution in [0.15, 0.2) is 30.9 Å². The Labute approximate surface area is 102 Å². The van der Waals surface area contributed by atoms with Crippen molar-refractivity contribution in [3.8, 4) is 5.69 Å². The summed E-state index contributed by atoms with van der Waals surface area (Å²) in [6.07, 6.45) is 7.78. The minimum atomic E-state index is 0.537. The number of rotatable bonds is 4. The monoisotopic (exact) mass is 230 g/mol. The number of hydrogen-bond donors (Lipinski definition) is 1. The minimum absolute atomic E-state index is 0.537. The number of pyridine rings is 1. The van der Waals surface area contributed by atoms with Crippen LogP contribution in [-0.2, 0) is 0 Å². The van der Waals surface area contributed by atoms with Crippen LogP contribution >= 0.6 is 0 Å². The van der Waals surface area contributed by atoms with Crippen LogP contribution in [0.5, 0.6) is 0 Å². The first-order valence-corrected chi connectivity index (χ1v) is 6.00. The van der Waals surface area contributed by atoms with Crippen LogP contribution in [0.25, 0.3) is 5.69 Å². The Morgan fingerprint density at radius 3 is 2.59 bits per heavy atom. The average Bonchev–Trinajstić information content (AvgIpc) is 2.81. The summed E-state index contributed by atoms with van der Waals surface area (Å²) in [5, 5.41) is 0. The summed E-state index contributed by atoms with van der Waals surface area (Å²) >= 11 is 0. The second-order valence-corrected chi connectivity index (χ2v) is 4.14. The molecule has 0 spiro atoms. The van der Waals surface area contributed by atoms with Gasteiger partial charge in [0.05, 0.1) is 18.2 Å². The fourth-order valence-electron chi connectivity index (χ4n) is 2.07. The Balaban J connectivity index is 2.39.